The number of fused-ring (bicyclic) bond motifs is 3. The smallest absolute Gasteiger partial charge is 0.307 e. The molecule has 3 nitrogen and oxygen atoms in total. The van der Waals surface area contributed by atoms with Crippen LogP contribution in [0.3, 0.4) is 0 Å². The molecule has 2 aliphatic heterocycles. The monoisotopic (exact) mass is 590 g/mol. The lowest BCUT2D eigenvalue weighted by atomic mass is 10.2. The van der Waals surface area contributed by atoms with Gasteiger partial charge >= 0.3 is 5.52 Å². The van der Waals surface area contributed by atoms with Crippen molar-refractivity contribution in [2.75, 3.05) is 34.0 Å². The number of benzene rings is 5. The molecule has 1 unspecified atom stereocenters. The first-order chi connectivity index (χ1) is 20.6. The van der Waals surface area contributed by atoms with E-state index in [0.717, 1.165) is 35.1 Å². The quantitative estimate of drug-likeness (QED) is 0.171. The molecular weight excluding hydrogens is 552 g/mol. The zero-order chi connectivity index (χ0) is 28.8. The summed E-state index contributed by atoms with van der Waals surface area (Å²) >= 11 is 0. The van der Waals surface area contributed by atoms with E-state index in [-0.39, 0.29) is 5.52 Å². The van der Waals surface area contributed by atoms with E-state index in [9.17, 15) is 0 Å². The van der Waals surface area contributed by atoms with Gasteiger partial charge in [0.15, 0.2) is 40.4 Å². The van der Waals surface area contributed by atoms with Crippen LogP contribution in [0.1, 0.15) is 6.42 Å². The average Bonchev–Trinajstić information content (AvgIpc) is 3.32. The number of para-hydroxylation sites is 3. The summed E-state index contributed by atoms with van der Waals surface area (Å²) in [6.45, 7) is 1.11. The number of nitrogens with zero attached hydrogens (tertiary/aromatic N) is 1. The molecule has 0 bridgehead atoms. The zero-order valence-electron chi connectivity index (χ0n) is 24.6. The van der Waals surface area contributed by atoms with Gasteiger partial charge in [0.2, 0.25) is 7.26 Å². The molecule has 0 saturated carbocycles. The first-order valence-electron chi connectivity index (χ1n) is 14.7. The second kappa shape index (κ2) is 10.7. The van der Waals surface area contributed by atoms with Crippen LogP contribution in [0.4, 0.5) is 5.69 Å². The first kappa shape index (κ1) is 27.4. The minimum Gasteiger partial charge on any atom is -0.493 e. The fourth-order valence-corrected chi connectivity index (χ4v) is 22.7. The largest absolute Gasteiger partial charge is 0.493 e. The molecule has 0 aromatic heterocycles. The SMILES string of the molecule is COc1ccccc1[P+]1(c2ccccc2OC)CCC[N+]2(C)c3ccccc3[P+](c3ccccc3)(c3ccccc3)[C@@H]21. The Morgan fingerprint density at radius 3 is 1.55 bits per heavy atom. The fourth-order valence-electron chi connectivity index (χ4n) is 8.11. The molecule has 7 rings (SSSR count). The minimum atomic E-state index is -2.24. The highest BCUT2D eigenvalue weighted by Gasteiger charge is 2.82. The number of rotatable bonds is 6. The van der Waals surface area contributed by atoms with Crippen LogP contribution in [-0.4, -0.2) is 39.5 Å². The first-order valence-corrected chi connectivity index (χ1v) is 18.6. The molecule has 5 aromatic carbocycles. The molecule has 0 aliphatic carbocycles. The maximum atomic E-state index is 6.25. The van der Waals surface area contributed by atoms with Crippen LogP contribution in [0, 0.1) is 0 Å². The number of hydrogen-bond donors (Lipinski definition) is 0. The van der Waals surface area contributed by atoms with Crippen LogP contribution >= 0.6 is 14.5 Å². The third-order valence-corrected chi connectivity index (χ3v) is 21.1. The molecule has 5 heteroatoms. The Morgan fingerprint density at radius 1 is 0.571 bits per heavy atom. The second-order valence-corrected chi connectivity index (χ2v) is 19.0. The van der Waals surface area contributed by atoms with Gasteiger partial charge in [-0.2, -0.15) is 0 Å². The third-order valence-electron chi connectivity index (χ3n) is 9.55. The lowest BCUT2D eigenvalue weighted by Gasteiger charge is -2.47. The van der Waals surface area contributed by atoms with Crippen LogP contribution in [-0.2, 0) is 0 Å². The molecule has 2 heterocycles. The van der Waals surface area contributed by atoms with Crippen molar-refractivity contribution < 1.29 is 9.47 Å². The summed E-state index contributed by atoms with van der Waals surface area (Å²) in [7, 11) is 1.70. The molecular formula is C37H38NO2P2+3. The van der Waals surface area contributed by atoms with Crippen molar-refractivity contribution in [1.82, 2.24) is 4.48 Å². The van der Waals surface area contributed by atoms with Crippen molar-refractivity contribution in [3.05, 3.63) is 133 Å². The Kier molecular flexibility index (Phi) is 6.94. The molecule has 2 atom stereocenters. The van der Waals surface area contributed by atoms with Crippen LogP contribution in [0.15, 0.2) is 133 Å². The lowest BCUT2D eigenvalue weighted by molar-refractivity contribution is 0.353. The predicted molar refractivity (Wildman–Crippen MR) is 183 cm³/mol. The van der Waals surface area contributed by atoms with E-state index in [1.807, 2.05) is 14.2 Å². The van der Waals surface area contributed by atoms with Crippen molar-refractivity contribution in [2.24, 2.45) is 0 Å². The van der Waals surface area contributed by atoms with Gasteiger partial charge in [-0.1, -0.05) is 72.8 Å². The highest BCUT2D eigenvalue weighted by Crippen LogP contribution is 2.85. The van der Waals surface area contributed by atoms with Gasteiger partial charge in [0.05, 0.1) is 34.0 Å². The number of hydrogen-bond acceptors (Lipinski definition) is 2. The number of quaternary nitrogens is 1. The lowest BCUT2D eigenvalue weighted by Crippen LogP contribution is -2.61. The van der Waals surface area contributed by atoms with Crippen molar-refractivity contribution in [1.29, 1.82) is 0 Å². The average molecular weight is 591 g/mol. The summed E-state index contributed by atoms with van der Waals surface area (Å²) in [6, 6.07) is 49.9. The van der Waals surface area contributed by atoms with Gasteiger partial charge in [-0.25, -0.2) is 4.48 Å². The predicted octanol–water partition coefficient (Wildman–Crippen LogP) is 6.30. The van der Waals surface area contributed by atoms with E-state index in [1.165, 1.54) is 32.2 Å². The van der Waals surface area contributed by atoms with Crippen LogP contribution in [0.25, 0.3) is 0 Å². The van der Waals surface area contributed by atoms with E-state index in [1.54, 1.807) is 0 Å². The Balaban J connectivity index is 1.72. The summed E-state index contributed by atoms with van der Waals surface area (Å²) in [6.07, 6.45) is 2.25. The van der Waals surface area contributed by atoms with Crippen molar-refractivity contribution in [3.63, 3.8) is 0 Å². The summed E-state index contributed by atoms with van der Waals surface area (Å²) in [4.78, 5) is 0. The number of ether oxygens (including phenoxy) is 2. The fraction of sp³-hybridized carbons (Fsp3) is 0.189. The molecule has 1 saturated heterocycles. The van der Waals surface area contributed by atoms with Crippen LogP contribution in [0.5, 0.6) is 11.5 Å². The summed E-state index contributed by atoms with van der Waals surface area (Å²) < 4.78 is 13.4. The maximum absolute atomic E-state index is 6.25. The molecule has 1 fully saturated rings. The highest BCUT2D eigenvalue weighted by atomic mass is 31.2. The Labute approximate surface area is 251 Å². The third kappa shape index (κ3) is 3.70. The van der Waals surface area contributed by atoms with E-state index in [4.69, 9.17) is 9.47 Å². The van der Waals surface area contributed by atoms with Gasteiger partial charge in [0, 0.05) is 12.5 Å². The summed E-state index contributed by atoms with van der Waals surface area (Å²) in [5, 5.41) is 7.13. The normalized spacial score (nSPS) is 21.6. The minimum absolute atomic E-state index is 0.286. The molecule has 0 radical (unpaired) electrons. The Bertz CT molecular complexity index is 1640. The molecule has 0 amide bonds. The second-order valence-electron chi connectivity index (χ2n) is 11.5. The molecule has 2 aliphatic rings. The van der Waals surface area contributed by atoms with E-state index in [0.29, 0.717) is 0 Å². The molecule has 5 aromatic rings. The summed E-state index contributed by atoms with van der Waals surface area (Å²) in [5.41, 5.74) is 1.76. The molecule has 42 heavy (non-hydrogen) atoms. The van der Waals surface area contributed by atoms with E-state index < -0.39 is 14.5 Å². The number of methoxy groups -OCH3 is 2. The van der Waals surface area contributed by atoms with Crippen LogP contribution < -0.4 is 40.5 Å². The highest BCUT2D eigenvalue weighted by molar-refractivity contribution is 8.09. The van der Waals surface area contributed by atoms with Gasteiger partial charge in [0.1, 0.15) is 10.6 Å². The molecule has 210 valence electrons. The van der Waals surface area contributed by atoms with Gasteiger partial charge < -0.3 is 9.47 Å². The standard InChI is InChI=1S/C37H38NO2P2/c1-38-27-16-28-41(35-25-14-11-22-32(35)39-2,36-26-15-12-23-33(36)40-3)37(38)42(29-17-6-4-7-18-29,30-19-8-5-9-20-30)34-24-13-10-21-31(34)38/h4-15,17-26,37H,16,27-28H2,1-3H3/q+3/t37-,38?/m0/s1. The van der Waals surface area contributed by atoms with Crippen molar-refractivity contribution in [3.8, 4) is 11.5 Å². The zero-order valence-corrected chi connectivity index (χ0v) is 26.3. The van der Waals surface area contributed by atoms with E-state index in [2.05, 4.69) is 141 Å². The Hall–Kier alpha value is -3.48. The molecule has 0 spiro atoms. The van der Waals surface area contributed by atoms with Crippen molar-refractivity contribution >= 4 is 46.7 Å². The van der Waals surface area contributed by atoms with E-state index >= 15 is 0 Å². The summed E-state index contributed by atoms with van der Waals surface area (Å²) in [5.74, 6) is 1.97. The van der Waals surface area contributed by atoms with Gasteiger partial charge in [0.25, 0.3) is 0 Å². The topological polar surface area (TPSA) is 18.5 Å². The molecule has 0 N–H and O–H groups in total. The van der Waals surface area contributed by atoms with Gasteiger partial charge in [-0.15, -0.1) is 0 Å². The Morgan fingerprint density at radius 2 is 1.02 bits per heavy atom. The van der Waals surface area contributed by atoms with Crippen molar-refractivity contribution in [2.45, 2.75) is 11.9 Å². The van der Waals surface area contributed by atoms with Gasteiger partial charge in [-0.05, 0) is 54.6 Å². The maximum Gasteiger partial charge on any atom is 0.307 e. The van der Waals surface area contributed by atoms with Crippen LogP contribution in [0.2, 0.25) is 0 Å². The van der Waals surface area contributed by atoms with Gasteiger partial charge in [-0.3, -0.25) is 0 Å².